The van der Waals surface area contributed by atoms with E-state index in [0.717, 1.165) is 42.4 Å². The van der Waals surface area contributed by atoms with Crippen molar-refractivity contribution in [1.29, 1.82) is 0 Å². The number of furan rings is 1. The first-order valence-electron chi connectivity index (χ1n) is 8.83. The summed E-state index contributed by atoms with van der Waals surface area (Å²) in [4.78, 5) is 23.3. The van der Waals surface area contributed by atoms with Gasteiger partial charge in [0.25, 0.3) is 5.91 Å². The number of nitrogens with zero attached hydrogens (tertiary/aromatic N) is 2. The van der Waals surface area contributed by atoms with Gasteiger partial charge in [-0.25, -0.2) is 4.79 Å². The van der Waals surface area contributed by atoms with Crippen molar-refractivity contribution in [3.8, 4) is 0 Å². The van der Waals surface area contributed by atoms with Gasteiger partial charge in [0.05, 0.1) is 6.54 Å². The van der Waals surface area contributed by atoms with Crippen LogP contribution in [0.25, 0.3) is 0 Å². The number of halogens is 3. The number of alkyl halides is 3. The van der Waals surface area contributed by atoms with Gasteiger partial charge in [-0.1, -0.05) is 5.16 Å². The Kier molecular flexibility index (Phi) is 7.07. The summed E-state index contributed by atoms with van der Waals surface area (Å²) in [6.45, 7) is 8.04. The summed E-state index contributed by atoms with van der Waals surface area (Å²) in [5.41, 5.74) is 1.30. The van der Waals surface area contributed by atoms with Crippen molar-refractivity contribution in [3.63, 3.8) is 0 Å². The summed E-state index contributed by atoms with van der Waals surface area (Å²) in [5.74, 6) is -0.260. The van der Waals surface area contributed by atoms with Crippen LogP contribution in [0.3, 0.4) is 0 Å². The Hall–Kier alpha value is -2.82. The SMILES string of the molecule is Cc1ccc(CN2CCc3onc(C(=O)NC(C)C)c3C2)o1.O=C(O)C(F)(F)F. The number of carboxylic acids is 1. The van der Waals surface area contributed by atoms with Gasteiger partial charge in [-0.2, -0.15) is 13.2 Å². The van der Waals surface area contributed by atoms with Crippen LogP contribution < -0.4 is 5.32 Å². The van der Waals surface area contributed by atoms with Crippen molar-refractivity contribution in [2.24, 2.45) is 0 Å². The minimum absolute atomic E-state index is 0.0747. The molecule has 0 fully saturated rings. The normalized spacial score (nSPS) is 14.2. The Labute approximate surface area is 164 Å². The lowest BCUT2D eigenvalue weighted by atomic mass is 10.1. The maximum atomic E-state index is 12.2. The Morgan fingerprint density at radius 3 is 2.52 bits per heavy atom. The summed E-state index contributed by atoms with van der Waals surface area (Å²) in [6, 6.07) is 4.03. The number of aromatic nitrogens is 1. The van der Waals surface area contributed by atoms with Crippen molar-refractivity contribution in [2.45, 2.75) is 52.5 Å². The highest BCUT2D eigenvalue weighted by molar-refractivity contribution is 5.94. The molecule has 3 rings (SSSR count). The third-order valence-electron chi connectivity index (χ3n) is 3.96. The number of nitrogens with one attached hydrogen (secondary N) is 1. The molecule has 11 heteroatoms. The van der Waals surface area contributed by atoms with Crippen molar-refractivity contribution < 1.29 is 36.8 Å². The van der Waals surface area contributed by atoms with Crippen LogP contribution in [0.15, 0.2) is 21.1 Å². The third-order valence-corrected chi connectivity index (χ3v) is 3.96. The van der Waals surface area contributed by atoms with Crippen LogP contribution in [-0.2, 0) is 24.3 Å². The molecule has 0 radical (unpaired) electrons. The average molecular weight is 417 g/mol. The molecule has 2 aromatic heterocycles. The number of aliphatic carboxylic acids is 1. The van der Waals surface area contributed by atoms with Crippen LogP contribution in [-0.4, -0.2) is 45.8 Å². The van der Waals surface area contributed by atoms with E-state index in [0.29, 0.717) is 12.2 Å². The fraction of sp³-hybridized carbons (Fsp3) is 0.500. The smallest absolute Gasteiger partial charge is 0.475 e. The first kappa shape index (κ1) is 22.5. The fourth-order valence-electron chi connectivity index (χ4n) is 2.70. The summed E-state index contributed by atoms with van der Waals surface area (Å²) in [7, 11) is 0. The maximum Gasteiger partial charge on any atom is 0.490 e. The molecule has 0 aromatic carbocycles. The third kappa shape index (κ3) is 6.34. The highest BCUT2D eigenvalue weighted by Crippen LogP contribution is 2.24. The molecule has 8 nitrogen and oxygen atoms in total. The number of hydrogen-bond acceptors (Lipinski definition) is 6. The first-order chi connectivity index (χ1) is 13.5. The summed E-state index contributed by atoms with van der Waals surface area (Å²) in [5, 5.41) is 13.9. The Balaban J connectivity index is 0.000000370. The van der Waals surface area contributed by atoms with Crippen molar-refractivity contribution >= 4 is 11.9 Å². The second-order valence-electron chi connectivity index (χ2n) is 6.84. The van der Waals surface area contributed by atoms with Gasteiger partial charge in [-0.15, -0.1) is 0 Å². The molecule has 1 amide bonds. The van der Waals surface area contributed by atoms with E-state index in [4.69, 9.17) is 18.8 Å². The van der Waals surface area contributed by atoms with E-state index in [1.54, 1.807) is 0 Å². The van der Waals surface area contributed by atoms with Crippen LogP contribution in [0, 0.1) is 6.92 Å². The van der Waals surface area contributed by atoms with E-state index in [1.165, 1.54) is 0 Å². The van der Waals surface area contributed by atoms with Crippen LogP contribution in [0.5, 0.6) is 0 Å². The molecule has 0 spiro atoms. The number of rotatable bonds is 4. The standard InChI is InChI=1S/C16H21N3O3.C2HF3O2/c1-10(2)17-16(20)15-13-9-19(7-6-14(13)22-18-15)8-12-5-4-11(3)21-12;3-2(4,5)1(6)7/h4-5,10H,6-9H2,1-3H3,(H,17,20);(H,6,7). The summed E-state index contributed by atoms with van der Waals surface area (Å²) >= 11 is 0. The lowest BCUT2D eigenvalue weighted by molar-refractivity contribution is -0.192. The molecule has 0 saturated carbocycles. The molecule has 3 heterocycles. The molecular weight excluding hydrogens is 395 g/mol. The van der Waals surface area contributed by atoms with E-state index in [-0.39, 0.29) is 11.9 Å². The lowest BCUT2D eigenvalue weighted by Crippen LogP contribution is -2.34. The van der Waals surface area contributed by atoms with E-state index < -0.39 is 12.1 Å². The molecule has 0 atom stereocenters. The van der Waals surface area contributed by atoms with Gasteiger partial charge in [0.15, 0.2) is 5.69 Å². The summed E-state index contributed by atoms with van der Waals surface area (Å²) in [6.07, 6.45) is -4.32. The van der Waals surface area contributed by atoms with Crippen molar-refractivity contribution in [2.75, 3.05) is 6.54 Å². The zero-order valence-corrected chi connectivity index (χ0v) is 16.2. The predicted octanol–water partition coefficient (Wildman–Crippen LogP) is 2.91. The molecule has 0 aliphatic carbocycles. The van der Waals surface area contributed by atoms with Crippen molar-refractivity contribution in [1.82, 2.24) is 15.4 Å². The van der Waals surface area contributed by atoms with Crippen LogP contribution >= 0.6 is 0 Å². The molecule has 0 bridgehead atoms. The molecule has 29 heavy (non-hydrogen) atoms. The molecule has 0 saturated heterocycles. The zero-order valence-electron chi connectivity index (χ0n) is 16.2. The molecule has 2 N–H and O–H groups in total. The van der Waals surface area contributed by atoms with E-state index >= 15 is 0 Å². The lowest BCUT2D eigenvalue weighted by Gasteiger charge is -2.24. The quantitative estimate of drug-likeness (QED) is 0.787. The minimum Gasteiger partial charge on any atom is -0.475 e. The predicted molar refractivity (Wildman–Crippen MR) is 94.1 cm³/mol. The van der Waals surface area contributed by atoms with Crippen molar-refractivity contribution in [3.05, 3.63) is 40.7 Å². The number of aryl methyl sites for hydroxylation is 1. The van der Waals surface area contributed by atoms with Gasteiger partial charge >= 0.3 is 12.1 Å². The second-order valence-corrected chi connectivity index (χ2v) is 6.84. The van der Waals surface area contributed by atoms with Gasteiger partial charge in [0.2, 0.25) is 0 Å². The highest BCUT2D eigenvalue weighted by atomic mass is 19.4. The Morgan fingerprint density at radius 1 is 1.34 bits per heavy atom. The number of fused-ring (bicyclic) bond motifs is 1. The fourth-order valence-corrected chi connectivity index (χ4v) is 2.70. The molecule has 0 unspecified atom stereocenters. The van der Waals surface area contributed by atoms with E-state index in [9.17, 15) is 18.0 Å². The topological polar surface area (TPSA) is 109 Å². The minimum atomic E-state index is -5.08. The Bertz CT molecular complexity index is 857. The number of carboxylic acid groups (broad SMARTS) is 1. The van der Waals surface area contributed by atoms with Gasteiger partial charge < -0.3 is 19.4 Å². The number of amides is 1. The number of hydrogen-bond donors (Lipinski definition) is 2. The number of carbonyl (C=O) groups excluding carboxylic acids is 1. The van der Waals surface area contributed by atoms with Gasteiger partial charge in [-0.3, -0.25) is 9.69 Å². The molecule has 1 aliphatic heterocycles. The largest absolute Gasteiger partial charge is 0.490 e. The van der Waals surface area contributed by atoms with Crippen LogP contribution in [0.2, 0.25) is 0 Å². The number of carbonyl (C=O) groups is 2. The zero-order chi connectivity index (χ0) is 21.8. The molecule has 2 aromatic rings. The molecule has 1 aliphatic rings. The second kappa shape index (κ2) is 9.12. The average Bonchev–Trinajstić information content (AvgIpc) is 3.19. The van der Waals surface area contributed by atoms with E-state index in [1.807, 2.05) is 32.9 Å². The highest BCUT2D eigenvalue weighted by Gasteiger charge is 2.38. The van der Waals surface area contributed by atoms with Crippen LogP contribution in [0.4, 0.5) is 13.2 Å². The first-order valence-corrected chi connectivity index (χ1v) is 8.83. The summed E-state index contributed by atoms with van der Waals surface area (Å²) < 4.78 is 42.7. The molecular formula is C18H22F3N3O5. The van der Waals surface area contributed by atoms with Gasteiger partial charge in [0.1, 0.15) is 17.3 Å². The monoisotopic (exact) mass is 417 g/mol. The maximum absolute atomic E-state index is 12.2. The molecule has 160 valence electrons. The Morgan fingerprint density at radius 2 is 2.00 bits per heavy atom. The van der Waals surface area contributed by atoms with Gasteiger partial charge in [0, 0.05) is 31.1 Å². The van der Waals surface area contributed by atoms with Crippen LogP contribution in [0.1, 0.15) is 47.2 Å². The van der Waals surface area contributed by atoms with Gasteiger partial charge in [-0.05, 0) is 32.9 Å². The van der Waals surface area contributed by atoms with E-state index in [2.05, 4.69) is 15.4 Å².